The van der Waals surface area contributed by atoms with Gasteiger partial charge in [-0.25, -0.2) is 4.79 Å². The van der Waals surface area contributed by atoms with Crippen LogP contribution in [-0.4, -0.2) is 55.2 Å². The number of aliphatic carboxylic acids is 1. The van der Waals surface area contributed by atoms with Crippen LogP contribution in [0.5, 0.6) is 0 Å². The van der Waals surface area contributed by atoms with Crippen LogP contribution in [0.2, 0.25) is 0 Å². The lowest BCUT2D eigenvalue weighted by Gasteiger charge is -2.44. The van der Waals surface area contributed by atoms with Crippen molar-refractivity contribution in [1.29, 1.82) is 0 Å². The Morgan fingerprint density at radius 1 is 1.23 bits per heavy atom. The van der Waals surface area contributed by atoms with Crippen LogP contribution in [0.1, 0.15) is 48.2 Å². The van der Waals surface area contributed by atoms with Crippen LogP contribution in [0.4, 0.5) is 0 Å². The van der Waals surface area contributed by atoms with E-state index >= 15 is 0 Å². The third kappa shape index (κ3) is 3.05. The molecule has 1 aromatic heterocycles. The van der Waals surface area contributed by atoms with E-state index in [-0.39, 0.29) is 11.3 Å². The SMILES string of the molecule is Cc1onc(-c2ccccc2)c1C(=O)NC1C(=O)N2C(C(=O)O)C3(CCCCC3)S[C@@H]12. The molecule has 1 aromatic carbocycles. The molecular formula is C22H23N3O5S. The minimum Gasteiger partial charge on any atom is -0.480 e. The van der Waals surface area contributed by atoms with Gasteiger partial charge in [-0.3, -0.25) is 9.59 Å². The maximum atomic E-state index is 13.1. The Morgan fingerprint density at radius 2 is 1.94 bits per heavy atom. The van der Waals surface area contributed by atoms with Gasteiger partial charge in [0.2, 0.25) is 5.91 Å². The fourth-order valence-corrected chi connectivity index (χ4v) is 7.12. The molecule has 3 aliphatic rings. The summed E-state index contributed by atoms with van der Waals surface area (Å²) in [6, 6.07) is 7.65. The first kappa shape index (κ1) is 20.1. The van der Waals surface area contributed by atoms with Gasteiger partial charge >= 0.3 is 5.97 Å². The van der Waals surface area contributed by atoms with Crippen molar-refractivity contribution in [3.63, 3.8) is 0 Å². The second-order valence-electron chi connectivity index (χ2n) is 8.40. The molecule has 0 bridgehead atoms. The maximum Gasteiger partial charge on any atom is 0.327 e. The van der Waals surface area contributed by atoms with Gasteiger partial charge in [-0.2, -0.15) is 0 Å². The Morgan fingerprint density at radius 3 is 2.61 bits per heavy atom. The Labute approximate surface area is 183 Å². The first-order chi connectivity index (χ1) is 14.9. The number of aryl methyl sites for hydroxylation is 1. The molecule has 2 aliphatic heterocycles. The number of thioether (sulfide) groups is 1. The van der Waals surface area contributed by atoms with Crippen LogP contribution in [-0.2, 0) is 9.59 Å². The number of hydrogen-bond donors (Lipinski definition) is 2. The first-order valence-corrected chi connectivity index (χ1v) is 11.4. The molecule has 8 nitrogen and oxygen atoms in total. The van der Waals surface area contributed by atoms with Gasteiger partial charge < -0.3 is 19.8 Å². The van der Waals surface area contributed by atoms with Crippen LogP contribution in [0.25, 0.3) is 11.3 Å². The quantitative estimate of drug-likeness (QED) is 0.702. The Hall–Kier alpha value is -2.81. The van der Waals surface area contributed by atoms with Gasteiger partial charge in [-0.05, 0) is 19.8 Å². The smallest absolute Gasteiger partial charge is 0.327 e. The van der Waals surface area contributed by atoms with Gasteiger partial charge in [-0.15, -0.1) is 11.8 Å². The number of benzene rings is 1. The third-order valence-electron chi connectivity index (χ3n) is 6.57. The first-order valence-electron chi connectivity index (χ1n) is 10.5. The average molecular weight is 442 g/mol. The van der Waals surface area contributed by atoms with Gasteiger partial charge in [-0.1, -0.05) is 54.8 Å². The fraction of sp³-hybridized carbons (Fsp3) is 0.455. The van der Waals surface area contributed by atoms with Crippen molar-refractivity contribution < 1.29 is 24.0 Å². The number of amides is 2. The molecule has 2 amide bonds. The van der Waals surface area contributed by atoms with Crippen LogP contribution >= 0.6 is 11.8 Å². The van der Waals surface area contributed by atoms with Gasteiger partial charge in [0.05, 0.1) is 0 Å². The monoisotopic (exact) mass is 441 g/mol. The van der Waals surface area contributed by atoms with Gasteiger partial charge in [0.25, 0.3) is 5.91 Å². The van der Waals surface area contributed by atoms with Crippen LogP contribution in [0.15, 0.2) is 34.9 Å². The Balaban J connectivity index is 1.39. The number of aromatic nitrogens is 1. The van der Waals surface area contributed by atoms with E-state index in [0.717, 1.165) is 37.7 Å². The summed E-state index contributed by atoms with van der Waals surface area (Å²) >= 11 is 1.55. The largest absolute Gasteiger partial charge is 0.480 e. The Bertz CT molecular complexity index is 1050. The van der Waals surface area contributed by atoms with Crippen molar-refractivity contribution in [1.82, 2.24) is 15.4 Å². The summed E-state index contributed by atoms with van der Waals surface area (Å²) in [5.41, 5.74) is 1.46. The van der Waals surface area contributed by atoms with E-state index in [9.17, 15) is 19.5 Å². The zero-order valence-corrected chi connectivity index (χ0v) is 17.9. The second-order valence-corrected chi connectivity index (χ2v) is 9.93. The molecule has 2 unspecified atom stereocenters. The van der Waals surface area contributed by atoms with Crippen LogP contribution in [0, 0.1) is 6.92 Å². The number of β-lactam (4-membered cyclic amide) rings is 1. The highest BCUT2D eigenvalue weighted by Crippen LogP contribution is 2.57. The van der Waals surface area contributed by atoms with E-state index in [4.69, 9.17) is 4.52 Å². The molecule has 9 heteroatoms. The minimum absolute atomic E-state index is 0.294. The minimum atomic E-state index is -0.962. The lowest BCUT2D eigenvalue weighted by molar-refractivity contribution is -0.160. The molecule has 2 N–H and O–H groups in total. The van der Waals surface area contributed by atoms with Crippen molar-refractivity contribution >= 4 is 29.5 Å². The van der Waals surface area contributed by atoms with Crippen LogP contribution < -0.4 is 5.32 Å². The van der Waals surface area contributed by atoms with Crippen molar-refractivity contribution in [2.75, 3.05) is 0 Å². The molecule has 1 aliphatic carbocycles. The molecule has 1 saturated carbocycles. The molecule has 1 spiro atoms. The van der Waals surface area contributed by atoms with E-state index in [1.54, 1.807) is 18.7 Å². The maximum absolute atomic E-state index is 13.1. The molecule has 5 rings (SSSR count). The summed E-state index contributed by atoms with van der Waals surface area (Å²) in [6.07, 6.45) is 4.56. The lowest BCUT2D eigenvalue weighted by atomic mass is 9.81. The van der Waals surface area contributed by atoms with Crippen molar-refractivity contribution in [2.24, 2.45) is 0 Å². The summed E-state index contributed by atoms with van der Waals surface area (Å²) in [5.74, 6) is -1.37. The van der Waals surface area contributed by atoms with E-state index < -0.39 is 28.7 Å². The highest BCUT2D eigenvalue weighted by molar-refractivity contribution is 8.01. The molecular weight excluding hydrogens is 418 g/mol. The molecule has 2 aromatic rings. The molecule has 3 fully saturated rings. The number of fused-ring (bicyclic) bond motifs is 1. The summed E-state index contributed by atoms with van der Waals surface area (Å²) < 4.78 is 4.80. The summed E-state index contributed by atoms with van der Waals surface area (Å²) in [5, 5.41) is 16.4. The van der Waals surface area contributed by atoms with Gasteiger partial charge in [0.15, 0.2) is 0 Å². The number of carbonyl (C=O) groups excluding carboxylic acids is 2. The summed E-state index contributed by atoms with van der Waals surface area (Å²) in [6.45, 7) is 1.66. The molecule has 3 atom stereocenters. The van der Waals surface area contributed by atoms with Gasteiger partial charge in [0, 0.05) is 10.3 Å². The number of carbonyl (C=O) groups is 3. The number of nitrogens with one attached hydrogen (secondary N) is 1. The normalized spacial score (nSPS) is 26.4. The third-order valence-corrected chi connectivity index (χ3v) is 8.41. The summed E-state index contributed by atoms with van der Waals surface area (Å²) in [7, 11) is 0. The average Bonchev–Trinajstić information content (AvgIpc) is 3.29. The number of rotatable bonds is 4. The predicted octanol–water partition coefficient (Wildman–Crippen LogP) is 2.82. The van der Waals surface area contributed by atoms with E-state index in [2.05, 4.69) is 10.5 Å². The number of nitrogens with zero attached hydrogens (tertiary/aromatic N) is 2. The number of carboxylic acid groups (broad SMARTS) is 1. The van der Waals surface area contributed by atoms with Crippen molar-refractivity contribution in [3.8, 4) is 11.3 Å². The molecule has 31 heavy (non-hydrogen) atoms. The second kappa shape index (κ2) is 7.40. The Kier molecular flexibility index (Phi) is 4.80. The summed E-state index contributed by atoms with van der Waals surface area (Å²) in [4.78, 5) is 39.6. The molecule has 2 saturated heterocycles. The van der Waals surface area contributed by atoms with Crippen molar-refractivity contribution in [2.45, 2.75) is 61.2 Å². The zero-order valence-electron chi connectivity index (χ0n) is 17.0. The van der Waals surface area contributed by atoms with Crippen molar-refractivity contribution in [3.05, 3.63) is 41.7 Å². The highest BCUT2D eigenvalue weighted by atomic mass is 32.2. The predicted molar refractivity (Wildman–Crippen MR) is 113 cm³/mol. The topological polar surface area (TPSA) is 113 Å². The molecule has 0 radical (unpaired) electrons. The highest BCUT2D eigenvalue weighted by Gasteiger charge is 2.67. The molecule has 3 heterocycles. The fourth-order valence-electron chi connectivity index (χ4n) is 5.11. The number of carboxylic acids is 1. The van der Waals surface area contributed by atoms with Crippen LogP contribution in [0.3, 0.4) is 0 Å². The van der Waals surface area contributed by atoms with E-state index in [0.29, 0.717) is 17.0 Å². The van der Waals surface area contributed by atoms with E-state index in [1.165, 1.54) is 4.90 Å². The standard InChI is InChI=1S/C22H23N3O5S/c1-12-14(15(24-30-12)13-8-4-2-5-9-13)18(26)23-16-19(27)25-17(21(28)29)22(31-20(16)25)10-6-3-7-11-22/h2,4-5,8-9,16-17,20H,3,6-7,10-11H2,1H3,(H,23,26)(H,28,29)/t16?,17?,20-/m0/s1. The number of hydrogen-bond acceptors (Lipinski definition) is 6. The van der Waals surface area contributed by atoms with Gasteiger partial charge in [0.1, 0.15) is 34.5 Å². The lowest BCUT2D eigenvalue weighted by Crippen LogP contribution is -2.70. The molecule has 162 valence electrons. The van der Waals surface area contributed by atoms with E-state index in [1.807, 2.05) is 30.3 Å². The zero-order chi connectivity index (χ0) is 21.8.